The highest BCUT2D eigenvalue weighted by atomic mass is 32.1. The summed E-state index contributed by atoms with van der Waals surface area (Å²) in [6.07, 6.45) is 2.37. The largest absolute Gasteiger partial charge is 0.311 e. The monoisotopic (exact) mass is 266 g/mol. The maximum Gasteiger partial charge on any atom is 0.0334 e. The van der Waals surface area contributed by atoms with E-state index in [4.69, 9.17) is 0 Å². The van der Waals surface area contributed by atoms with Crippen LogP contribution in [0.1, 0.15) is 43.9 Å². The number of nitrogens with one attached hydrogen (secondary N) is 1. The molecule has 1 fully saturated rings. The number of thiophene rings is 1. The summed E-state index contributed by atoms with van der Waals surface area (Å²) in [5.74, 6) is 0. The number of nitrogens with zero attached hydrogens (tertiary/aromatic N) is 1. The number of aryl methyl sites for hydroxylation is 1. The summed E-state index contributed by atoms with van der Waals surface area (Å²) in [5, 5.41) is 3.62. The molecule has 1 aromatic rings. The fraction of sp³-hybridized carbons (Fsp3) is 0.733. The molecular formula is C15H26N2S. The third-order valence-corrected chi connectivity index (χ3v) is 5.48. The zero-order chi connectivity index (χ0) is 13.2. The molecule has 0 saturated carbocycles. The van der Waals surface area contributed by atoms with Crippen LogP contribution < -0.4 is 5.32 Å². The van der Waals surface area contributed by atoms with Crippen molar-refractivity contribution in [3.05, 3.63) is 21.9 Å². The van der Waals surface area contributed by atoms with Crippen molar-refractivity contribution in [2.75, 3.05) is 13.1 Å². The summed E-state index contributed by atoms with van der Waals surface area (Å²) in [7, 11) is 0. The van der Waals surface area contributed by atoms with E-state index in [0.29, 0.717) is 11.6 Å². The Morgan fingerprint density at radius 2 is 2.11 bits per heavy atom. The lowest BCUT2D eigenvalue weighted by molar-refractivity contribution is 0.0462. The predicted molar refractivity (Wildman–Crippen MR) is 80.3 cm³/mol. The SMILES string of the molecule is CCc1ccc(CN2CC(C)NCC2(C)CC)s1. The van der Waals surface area contributed by atoms with Crippen LogP contribution in [0.25, 0.3) is 0 Å². The molecule has 2 heterocycles. The Kier molecular flexibility index (Phi) is 4.46. The van der Waals surface area contributed by atoms with Crippen LogP contribution in [0.4, 0.5) is 0 Å². The van der Waals surface area contributed by atoms with E-state index in [1.807, 2.05) is 11.3 Å². The summed E-state index contributed by atoms with van der Waals surface area (Å²) in [6.45, 7) is 12.6. The summed E-state index contributed by atoms with van der Waals surface area (Å²) >= 11 is 1.98. The first-order chi connectivity index (χ1) is 8.57. The van der Waals surface area contributed by atoms with Crippen LogP contribution in [0.15, 0.2) is 12.1 Å². The molecule has 0 aliphatic carbocycles. The van der Waals surface area contributed by atoms with Gasteiger partial charge in [0.15, 0.2) is 0 Å². The highest BCUT2D eigenvalue weighted by Crippen LogP contribution is 2.27. The van der Waals surface area contributed by atoms with Crippen molar-refractivity contribution in [1.82, 2.24) is 10.2 Å². The number of hydrogen-bond donors (Lipinski definition) is 1. The average molecular weight is 266 g/mol. The van der Waals surface area contributed by atoms with Gasteiger partial charge in [-0.15, -0.1) is 11.3 Å². The predicted octanol–water partition coefficient (Wildman–Crippen LogP) is 3.27. The first-order valence-electron chi connectivity index (χ1n) is 7.13. The van der Waals surface area contributed by atoms with Gasteiger partial charge in [0, 0.05) is 41.0 Å². The van der Waals surface area contributed by atoms with Gasteiger partial charge in [-0.25, -0.2) is 0 Å². The van der Waals surface area contributed by atoms with E-state index < -0.39 is 0 Å². The van der Waals surface area contributed by atoms with Crippen molar-refractivity contribution in [1.29, 1.82) is 0 Å². The molecule has 2 atom stereocenters. The van der Waals surface area contributed by atoms with E-state index in [1.165, 1.54) is 16.2 Å². The Morgan fingerprint density at radius 3 is 2.72 bits per heavy atom. The Morgan fingerprint density at radius 1 is 1.39 bits per heavy atom. The molecule has 3 heteroatoms. The smallest absolute Gasteiger partial charge is 0.0334 e. The first-order valence-corrected chi connectivity index (χ1v) is 7.95. The molecule has 0 amide bonds. The Hall–Kier alpha value is -0.380. The van der Waals surface area contributed by atoms with Gasteiger partial charge in [0.1, 0.15) is 0 Å². The van der Waals surface area contributed by atoms with Crippen molar-refractivity contribution in [2.24, 2.45) is 0 Å². The number of hydrogen-bond acceptors (Lipinski definition) is 3. The van der Waals surface area contributed by atoms with Gasteiger partial charge in [0.25, 0.3) is 0 Å². The molecule has 0 spiro atoms. The van der Waals surface area contributed by atoms with Crippen LogP contribution >= 0.6 is 11.3 Å². The molecule has 102 valence electrons. The standard InChI is InChI=1S/C15H26N2S/c1-5-13-7-8-14(18-13)10-17-9-12(3)16-11-15(17,4)6-2/h7-8,12,16H,5-6,9-11H2,1-4H3. The lowest BCUT2D eigenvalue weighted by Gasteiger charge is -2.47. The fourth-order valence-corrected chi connectivity index (χ4v) is 3.58. The van der Waals surface area contributed by atoms with Gasteiger partial charge in [-0.2, -0.15) is 0 Å². The molecule has 18 heavy (non-hydrogen) atoms. The van der Waals surface area contributed by atoms with E-state index in [-0.39, 0.29) is 0 Å². The fourth-order valence-electron chi connectivity index (χ4n) is 2.61. The van der Waals surface area contributed by atoms with Crippen LogP contribution in [-0.2, 0) is 13.0 Å². The van der Waals surface area contributed by atoms with E-state index in [1.54, 1.807) is 0 Å². The molecule has 1 aromatic heterocycles. The van der Waals surface area contributed by atoms with Crippen molar-refractivity contribution in [3.63, 3.8) is 0 Å². The topological polar surface area (TPSA) is 15.3 Å². The van der Waals surface area contributed by atoms with E-state index in [2.05, 4.69) is 50.0 Å². The van der Waals surface area contributed by atoms with Gasteiger partial charge < -0.3 is 5.32 Å². The van der Waals surface area contributed by atoms with Gasteiger partial charge in [-0.05, 0) is 38.8 Å². The van der Waals surface area contributed by atoms with E-state index >= 15 is 0 Å². The lowest BCUT2D eigenvalue weighted by atomic mass is 9.92. The van der Waals surface area contributed by atoms with Crippen LogP contribution in [0.5, 0.6) is 0 Å². The summed E-state index contributed by atoms with van der Waals surface area (Å²) in [5.41, 5.74) is 0.308. The van der Waals surface area contributed by atoms with Gasteiger partial charge in [-0.1, -0.05) is 13.8 Å². The average Bonchev–Trinajstić information content (AvgIpc) is 2.82. The third-order valence-electron chi connectivity index (χ3n) is 4.26. The maximum atomic E-state index is 3.62. The molecular weight excluding hydrogens is 240 g/mol. The molecule has 1 N–H and O–H groups in total. The van der Waals surface area contributed by atoms with Gasteiger partial charge in [0.05, 0.1) is 0 Å². The molecule has 1 aliphatic heterocycles. The van der Waals surface area contributed by atoms with Crippen LogP contribution in [0.3, 0.4) is 0 Å². The van der Waals surface area contributed by atoms with Crippen molar-refractivity contribution in [3.8, 4) is 0 Å². The van der Waals surface area contributed by atoms with Gasteiger partial charge >= 0.3 is 0 Å². The molecule has 0 aromatic carbocycles. The molecule has 1 saturated heterocycles. The molecule has 1 aliphatic rings. The zero-order valence-corrected chi connectivity index (χ0v) is 12.9. The van der Waals surface area contributed by atoms with Crippen LogP contribution in [0.2, 0.25) is 0 Å². The van der Waals surface area contributed by atoms with Crippen LogP contribution in [0, 0.1) is 0 Å². The zero-order valence-electron chi connectivity index (χ0n) is 12.1. The molecule has 2 rings (SSSR count). The third kappa shape index (κ3) is 2.95. The Bertz CT molecular complexity index is 388. The highest BCUT2D eigenvalue weighted by molar-refractivity contribution is 7.11. The molecule has 2 unspecified atom stereocenters. The Labute approximate surface area is 115 Å². The van der Waals surface area contributed by atoms with E-state index in [9.17, 15) is 0 Å². The molecule has 0 radical (unpaired) electrons. The van der Waals surface area contributed by atoms with Crippen molar-refractivity contribution >= 4 is 11.3 Å². The summed E-state index contributed by atoms with van der Waals surface area (Å²) < 4.78 is 0. The lowest BCUT2D eigenvalue weighted by Crippen LogP contribution is -2.61. The van der Waals surface area contributed by atoms with Crippen molar-refractivity contribution < 1.29 is 0 Å². The number of piperazine rings is 1. The summed E-state index contributed by atoms with van der Waals surface area (Å²) in [4.78, 5) is 5.69. The van der Waals surface area contributed by atoms with E-state index in [0.717, 1.165) is 26.1 Å². The normalized spacial score (nSPS) is 29.7. The minimum atomic E-state index is 0.308. The minimum Gasteiger partial charge on any atom is -0.311 e. The van der Waals surface area contributed by atoms with Gasteiger partial charge in [-0.3, -0.25) is 4.90 Å². The van der Waals surface area contributed by atoms with Gasteiger partial charge in [0.2, 0.25) is 0 Å². The first kappa shape index (κ1) is 14.0. The number of rotatable bonds is 4. The van der Waals surface area contributed by atoms with Crippen molar-refractivity contribution in [2.45, 2.75) is 58.7 Å². The second-order valence-corrected chi connectivity index (χ2v) is 6.99. The maximum absolute atomic E-state index is 3.62. The minimum absolute atomic E-state index is 0.308. The Balaban J connectivity index is 2.08. The molecule has 0 bridgehead atoms. The summed E-state index contributed by atoms with van der Waals surface area (Å²) in [6, 6.07) is 5.21. The second kappa shape index (κ2) is 5.72. The highest BCUT2D eigenvalue weighted by Gasteiger charge is 2.34. The van der Waals surface area contributed by atoms with Crippen LogP contribution in [-0.4, -0.2) is 29.6 Å². The molecule has 2 nitrogen and oxygen atoms in total. The second-order valence-electron chi connectivity index (χ2n) is 5.73. The quantitative estimate of drug-likeness (QED) is 0.900.